The first-order valence-electron chi connectivity index (χ1n) is 8.70. The number of para-hydroxylation sites is 1. The van der Waals surface area contributed by atoms with Crippen LogP contribution in [0.2, 0.25) is 0 Å². The Morgan fingerprint density at radius 1 is 1.32 bits per heavy atom. The minimum absolute atomic E-state index is 0.00193. The van der Waals surface area contributed by atoms with E-state index in [4.69, 9.17) is 0 Å². The Bertz CT molecular complexity index is 761. The topological polar surface area (TPSA) is 62.3 Å². The number of hydrogen-bond acceptors (Lipinski definition) is 3. The lowest BCUT2D eigenvalue weighted by Crippen LogP contribution is -2.29. The maximum atomic E-state index is 12.5. The third-order valence-electron chi connectivity index (χ3n) is 4.80. The summed E-state index contributed by atoms with van der Waals surface area (Å²) in [5.41, 5.74) is 2.74. The van der Waals surface area contributed by atoms with Gasteiger partial charge in [-0.1, -0.05) is 32.0 Å². The van der Waals surface area contributed by atoms with Gasteiger partial charge in [-0.3, -0.25) is 14.6 Å². The highest BCUT2D eigenvalue weighted by molar-refractivity contribution is 6.03. The summed E-state index contributed by atoms with van der Waals surface area (Å²) < 4.78 is 0. The Balaban J connectivity index is 1.76. The van der Waals surface area contributed by atoms with E-state index in [1.807, 2.05) is 18.2 Å². The molecule has 3 rings (SSSR count). The third-order valence-corrected chi connectivity index (χ3v) is 4.80. The van der Waals surface area contributed by atoms with E-state index in [1.54, 1.807) is 29.4 Å². The molecule has 0 saturated carbocycles. The number of benzene rings is 1. The van der Waals surface area contributed by atoms with Crippen molar-refractivity contribution in [3.05, 3.63) is 54.4 Å². The van der Waals surface area contributed by atoms with Crippen LogP contribution in [0.25, 0.3) is 0 Å². The van der Waals surface area contributed by atoms with E-state index >= 15 is 0 Å². The molecule has 25 heavy (non-hydrogen) atoms. The Labute approximate surface area is 148 Å². The quantitative estimate of drug-likeness (QED) is 0.907. The van der Waals surface area contributed by atoms with Crippen LogP contribution in [0.5, 0.6) is 0 Å². The van der Waals surface area contributed by atoms with Crippen molar-refractivity contribution in [1.82, 2.24) is 4.98 Å². The van der Waals surface area contributed by atoms with Crippen LogP contribution in [-0.2, 0) is 9.59 Å². The molecule has 2 atom stereocenters. The van der Waals surface area contributed by atoms with Crippen molar-refractivity contribution in [1.29, 1.82) is 0 Å². The lowest BCUT2D eigenvalue weighted by molar-refractivity contribution is -0.122. The average Bonchev–Trinajstić information content (AvgIpc) is 3.03. The summed E-state index contributed by atoms with van der Waals surface area (Å²) in [6.45, 7) is 4.71. The number of amides is 2. The summed E-state index contributed by atoms with van der Waals surface area (Å²) in [5, 5.41) is 2.84. The van der Waals surface area contributed by atoms with E-state index in [-0.39, 0.29) is 24.2 Å². The van der Waals surface area contributed by atoms with Crippen molar-refractivity contribution in [3.8, 4) is 0 Å². The summed E-state index contributed by atoms with van der Waals surface area (Å²) in [6, 6.07) is 11.5. The summed E-state index contributed by atoms with van der Waals surface area (Å²) >= 11 is 0. The molecule has 0 spiro atoms. The molecule has 0 radical (unpaired) electrons. The van der Waals surface area contributed by atoms with Crippen molar-refractivity contribution >= 4 is 23.2 Å². The van der Waals surface area contributed by atoms with E-state index in [0.29, 0.717) is 18.2 Å². The summed E-state index contributed by atoms with van der Waals surface area (Å²) in [6.07, 6.45) is 4.50. The molecule has 2 heterocycles. The van der Waals surface area contributed by atoms with E-state index in [0.717, 1.165) is 17.7 Å². The number of rotatable bonds is 5. The number of anilines is 2. The minimum Gasteiger partial charge on any atom is -0.324 e. The zero-order valence-electron chi connectivity index (χ0n) is 14.6. The summed E-state index contributed by atoms with van der Waals surface area (Å²) in [5.74, 6) is -0.114. The third kappa shape index (κ3) is 3.71. The van der Waals surface area contributed by atoms with Crippen LogP contribution in [0, 0.1) is 5.92 Å². The second-order valence-corrected chi connectivity index (χ2v) is 6.50. The van der Waals surface area contributed by atoms with Crippen molar-refractivity contribution in [2.24, 2.45) is 5.92 Å². The fourth-order valence-corrected chi connectivity index (χ4v) is 3.17. The fourth-order valence-electron chi connectivity index (χ4n) is 3.17. The Morgan fingerprint density at radius 3 is 2.84 bits per heavy atom. The van der Waals surface area contributed by atoms with Crippen LogP contribution >= 0.6 is 0 Å². The number of hydrogen-bond donors (Lipinski definition) is 1. The predicted octanol–water partition coefficient (Wildman–Crippen LogP) is 3.59. The molecule has 130 valence electrons. The molecule has 2 amide bonds. The first kappa shape index (κ1) is 17.1. The van der Waals surface area contributed by atoms with E-state index in [2.05, 4.69) is 30.2 Å². The monoisotopic (exact) mass is 337 g/mol. The van der Waals surface area contributed by atoms with E-state index in [1.165, 1.54) is 0 Å². The van der Waals surface area contributed by atoms with Gasteiger partial charge in [-0.15, -0.1) is 0 Å². The largest absolute Gasteiger partial charge is 0.324 e. The highest BCUT2D eigenvalue weighted by Crippen LogP contribution is 2.33. The molecule has 0 bridgehead atoms. The fraction of sp³-hybridized carbons (Fsp3) is 0.350. The van der Waals surface area contributed by atoms with Crippen LogP contribution in [-0.4, -0.2) is 23.3 Å². The number of pyridine rings is 1. The molecule has 5 heteroatoms. The molecule has 1 aliphatic heterocycles. The highest BCUT2D eigenvalue weighted by Gasteiger charge is 2.36. The van der Waals surface area contributed by atoms with Gasteiger partial charge in [0.15, 0.2) is 0 Å². The number of nitrogens with one attached hydrogen (secondary N) is 1. The minimum atomic E-state index is -0.349. The zero-order valence-corrected chi connectivity index (χ0v) is 14.6. The zero-order chi connectivity index (χ0) is 17.8. The Morgan fingerprint density at radius 2 is 2.12 bits per heavy atom. The van der Waals surface area contributed by atoms with Gasteiger partial charge in [0.1, 0.15) is 0 Å². The van der Waals surface area contributed by atoms with Gasteiger partial charge in [-0.05, 0) is 36.1 Å². The van der Waals surface area contributed by atoms with Gasteiger partial charge in [0.05, 0.1) is 17.8 Å². The van der Waals surface area contributed by atoms with Crippen LogP contribution in [0.1, 0.15) is 38.2 Å². The maximum absolute atomic E-state index is 12.5. The van der Waals surface area contributed by atoms with Gasteiger partial charge in [0.25, 0.3) is 0 Å². The second kappa shape index (κ2) is 7.47. The number of carbonyl (C=O) groups excluding carboxylic acids is 2. The van der Waals surface area contributed by atoms with Crippen molar-refractivity contribution in [2.75, 3.05) is 16.8 Å². The average molecular weight is 337 g/mol. The predicted molar refractivity (Wildman–Crippen MR) is 98.5 cm³/mol. The number of carbonyl (C=O) groups is 2. The van der Waals surface area contributed by atoms with Crippen molar-refractivity contribution in [3.63, 3.8) is 0 Å². The molecule has 1 aliphatic rings. The molecule has 5 nitrogen and oxygen atoms in total. The van der Waals surface area contributed by atoms with Gasteiger partial charge >= 0.3 is 0 Å². The molecule has 2 unspecified atom stereocenters. The Kier molecular flexibility index (Phi) is 5.12. The molecule has 1 aromatic heterocycles. The number of nitrogens with zero attached hydrogens (tertiary/aromatic N) is 2. The van der Waals surface area contributed by atoms with Gasteiger partial charge < -0.3 is 10.2 Å². The lowest BCUT2D eigenvalue weighted by atomic mass is 9.96. The highest BCUT2D eigenvalue weighted by atomic mass is 16.2. The van der Waals surface area contributed by atoms with Crippen LogP contribution in [0.4, 0.5) is 11.4 Å². The Hall–Kier alpha value is -2.69. The van der Waals surface area contributed by atoms with Crippen LogP contribution in [0.3, 0.4) is 0 Å². The van der Waals surface area contributed by atoms with Crippen LogP contribution < -0.4 is 10.2 Å². The normalized spacial score (nSPS) is 18.2. The maximum Gasteiger partial charge on any atom is 0.229 e. The smallest absolute Gasteiger partial charge is 0.229 e. The summed E-state index contributed by atoms with van der Waals surface area (Å²) in [4.78, 5) is 30.8. The first-order valence-corrected chi connectivity index (χ1v) is 8.70. The van der Waals surface area contributed by atoms with Gasteiger partial charge in [-0.25, -0.2) is 0 Å². The van der Waals surface area contributed by atoms with Gasteiger partial charge in [0, 0.05) is 24.8 Å². The summed E-state index contributed by atoms with van der Waals surface area (Å²) in [7, 11) is 0. The van der Waals surface area contributed by atoms with Gasteiger partial charge in [-0.2, -0.15) is 0 Å². The molecule has 1 aromatic carbocycles. The van der Waals surface area contributed by atoms with Crippen molar-refractivity contribution < 1.29 is 9.59 Å². The van der Waals surface area contributed by atoms with Gasteiger partial charge in [0.2, 0.25) is 11.8 Å². The SMILES string of the molecule is CCC(C)c1ccccc1N1CC(C(=O)Nc2cccnc2)CC1=O. The molecule has 1 fully saturated rings. The molecule has 1 N–H and O–H groups in total. The molecular weight excluding hydrogens is 314 g/mol. The lowest BCUT2D eigenvalue weighted by Gasteiger charge is -2.23. The van der Waals surface area contributed by atoms with Crippen molar-refractivity contribution in [2.45, 2.75) is 32.6 Å². The van der Waals surface area contributed by atoms with Crippen LogP contribution in [0.15, 0.2) is 48.8 Å². The van der Waals surface area contributed by atoms with E-state index in [9.17, 15) is 9.59 Å². The molecule has 1 saturated heterocycles. The molecule has 2 aromatic rings. The van der Waals surface area contributed by atoms with E-state index < -0.39 is 0 Å². The first-order chi connectivity index (χ1) is 12.1. The standard InChI is InChI=1S/C20H23N3O2/c1-3-14(2)17-8-4-5-9-18(17)23-13-15(11-19(23)24)20(25)22-16-7-6-10-21-12-16/h4-10,12,14-15H,3,11,13H2,1-2H3,(H,22,25). The molecule has 0 aliphatic carbocycles. The number of aromatic nitrogens is 1. The second-order valence-electron chi connectivity index (χ2n) is 6.50. The molecular formula is C20H23N3O2.